The van der Waals surface area contributed by atoms with Crippen molar-refractivity contribution in [2.45, 2.75) is 50.9 Å². The Balaban J connectivity index is 1.35. The second kappa shape index (κ2) is 9.73. The van der Waals surface area contributed by atoms with Crippen LogP contribution in [0.3, 0.4) is 0 Å². The molecular weight excluding hydrogens is 492 g/mol. The van der Waals surface area contributed by atoms with E-state index in [1.54, 1.807) is 35.0 Å². The zero-order valence-electron chi connectivity index (χ0n) is 19.5. The number of carbonyl (C=O) groups is 1. The number of aromatic nitrogens is 5. The summed E-state index contributed by atoms with van der Waals surface area (Å²) in [4.78, 5) is 20.8. The van der Waals surface area contributed by atoms with E-state index in [4.69, 9.17) is 16.3 Å². The maximum Gasteiger partial charge on any atom is 0.407 e. The van der Waals surface area contributed by atoms with Gasteiger partial charge in [-0.1, -0.05) is 11.6 Å². The first-order valence-electron chi connectivity index (χ1n) is 11.5. The number of halogens is 3. The fraction of sp³-hybridized carbons (Fsp3) is 0.333. The van der Waals surface area contributed by atoms with Crippen LogP contribution in [-0.2, 0) is 4.74 Å². The Bertz CT molecular complexity index is 1410. The number of nitrogens with one attached hydrogen (secondary N) is 3. The van der Waals surface area contributed by atoms with E-state index in [9.17, 15) is 9.18 Å². The third kappa shape index (κ3) is 4.83. The maximum atomic E-state index is 15.1. The summed E-state index contributed by atoms with van der Waals surface area (Å²) in [5, 5.41) is 12.9. The van der Waals surface area contributed by atoms with E-state index in [0.29, 0.717) is 47.2 Å². The molecule has 0 unspecified atom stereocenters. The summed E-state index contributed by atoms with van der Waals surface area (Å²) in [6.07, 6.45) is 1.48. The summed E-state index contributed by atoms with van der Waals surface area (Å²) in [6, 6.07) is 7.73. The van der Waals surface area contributed by atoms with Gasteiger partial charge in [-0.05, 0) is 44.9 Å². The molecule has 1 amide bonds. The number of imidazole rings is 1. The number of nitrogens with zero attached hydrogens (tertiary/aromatic N) is 4. The van der Waals surface area contributed by atoms with Crippen LogP contribution in [0.5, 0.6) is 0 Å². The van der Waals surface area contributed by atoms with Gasteiger partial charge in [-0.15, -0.1) is 0 Å². The second-order valence-corrected chi connectivity index (χ2v) is 9.36. The van der Waals surface area contributed by atoms with Gasteiger partial charge in [0.1, 0.15) is 23.7 Å². The lowest BCUT2D eigenvalue weighted by Gasteiger charge is -2.18. The standard InChI is InChI=1S/C24H24ClF2N7O2/c1-12(2)29-24(35)36-19-6-4-14(22(19)27)18-10-20(33-32-18)31-23-30-17(11-21-28-7-8-34(21)23)13-3-5-16(26)15(25)9-13/h3,5,7-12,14,19,22H,4,6H2,1-2H3,(H,29,35)(H2,30,31,32,33)/t14-,19-,22-/m1/s1. The Morgan fingerprint density at radius 3 is 2.89 bits per heavy atom. The molecule has 1 aliphatic rings. The molecule has 188 valence electrons. The van der Waals surface area contributed by atoms with E-state index < -0.39 is 30.1 Å². The number of alkyl carbamates (subject to hydrolysis) is 1. The van der Waals surface area contributed by atoms with Crippen molar-refractivity contribution in [3.05, 3.63) is 59.3 Å². The minimum Gasteiger partial charge on any atom is -0.443 e. The summed E-state index contributed by atoms with van der Waals surface area (Å²) < 4.78 is 35.7. The van der Waals surface area contributed by atoms with Crippen LogP contribution in [0.15, 0.2) is 42.7 Å². The lowest BCUT2D eigenvalue weighted by Crippen LogP contribution is -2.36. The number of hydrogen-bond acceptors (Lipinski definition) is 6. The van der Waals surface area contributed by atoms with E-state index >= 15 is 4.39 Å². The van der Waals surface area contributed by atoms with E-state index in [2.05, 4.69) is 30.8 Å². The first kappa shape index (κ1) is 24.0. The molecule has 9 nitrogen and oxygen atoms in total. The molecular formula is C24H24ClF2N7O2. The van der Waals surface area contributed by atoms with Gasteiger partial charge in [-0.25, -0.2) is 23.5 Å². The predicted molar refractivity (Wildman–Crippen MR) is 131 cm³/mol. The fourth-order valence-corrected chi connectivity index (χ4v) is 4.48. The van der Waals surface area contributed by atoms with Crippen LogP contribution in [-0.4, -0.2) is 49.0 Å². The lowest BCUT2D eigenvalue weighted by molar-refractivity contribution is 0.0555. The van der Waals surface area contributed by atoms with Crippen LogP contribution in [0.2, 0.25) is 5.02 Å². The third-order valence-corrected chi connectivity index (χ3v) is 6.30. The van der Waals surface area contributed by atoms with Gasteiger partial charge in [-0.3, -0.25) is 9.50 Å². The first-order chi connectivity index (χ1) is 17.3. The molecule has 0 radical (unpaired) electrons. The molecule has 5 rings (SSSR count). The maximum absolute atomic E-state index is 15.1. The number of rotatable bonds is 6. The summed E-state index contributed by atoms with van der Waals surface area (Å²) in [5.74, 6) is -0.168. The zero-order chi connectivity index (χ0) is 25.4. The molecule has 4 aromatic rings. The van der Waals surface area contributed by atoms with Crippen molar-refractivity contribution in [2.24, 2.45) is 0 Å². The Kier molecular flexibility index (Phi) is 6.48. The Morgan fingerprint density at radius 2 is 2.11 bits per heavy atom. The van der Waals surface area contributed by atoms with Crippen LogP contribution >= 0.6 is 11.6 Å². The molecule has 1 saturated carbocycles. The summed E-state index contributed by atoms with van der Waals surface area (Å²) in [7, 11) is 0. The molecule has 0 saturated heterocycles. The molecule has 3 atom stereocenters. The van der Waals surface area contributed by atoms with Crippen molar-refractivity contribution in [3.63, 3.8) is 0 Å². The Hall–Kier alpha value is -3.73. The average molecular weight is 516 g/mol. The normalized spacial score (nSPS) is 19.7. The predicted octanol–water partition coefficient (Wildman–Crippen LogP) is 5.37. The average Bonchev–Trinajstić information content (AvgIpc) is 3.56. The van der Waals surface area contributed by atoms with Crippen molar-refractivity contribution >= 4 is 35.1 Å². The topological polar surface area (TPSA) is 109 Å². The number of fused-ring (bicyclic) bond motifs is 1. The zero-order valence-corrected chi connectivity index (χ0v) is 20.3. The third-order valence-electron chi connectivity index (χ3n) is 6.01. The number of carbonyl (C=O) groups excluding carboxylic acids is 1. The SMILES string of the molecule is CC(C)NC(=O)O[C@@H]1CC[C@H](c2cc(Nc3nc(-c4ccc(F)c(Cl)c4)cc4nccn34)n[nH]2)[C@H]1F. The van der Waals surface area contributed by atoms with Gasteiger partial charge in [0.15, 0.2) is 5.82 Å². The molecule has 1 aromatic carbocycles. The van der Waals surface area contributed by atoms with E-state index in [1.165, 1.54) is 12.1 Å². The molecule has 0 aliphatic heterocycles. The highest BCUT2D eigenvalue weighted by Crippen LogP contribution is 2.38. The van der Waals surface area contributed by atoms with E-state index in [-0.39, 0.29) is 11.1 Å². The number of anilines is 2. The monoisotopic (exact) mass is 515 g/mol. The van der Waals surface area contributed by atoms with Gasteiger partial charge in [0.05, 0.1) is 10.7 Å². The van der Waals surface area contributed by atoms with E-state index in [1.807, 2.05) is 13.8 Å². The number of H-pyrrole nitrogens is 1. The minimum atomic E-state index is -1.36. The number of benzene rings is 1. The lowest BCUT2D eigenvalue weighted by atomic mass is 10.0. The van der Waals surface area contributed by atoms with Crippen molar-refractivity contribution < 1.29 is 18.3 Å². The number of aromatic amines is 1. The summed E-state index contributed by atoms with van der Waals surface area (Å²) in [5.41, 5.74) is 2.35. The summed E-state index contributed by atoms with van der Waals surface area (Å²) in [6.45, 7) is 3.61. The number of amides is 1. The van der Waals surface area contributed by atoms with Crippen LogP contribution in [0.1, 0.15) is 38.3 Å². The van der Waals surface area contributed by atoms with Crippen molar-refractivity contribution in [1.29, 1.82) is 0 Å². The number of ether oxygens (including phenoxy) is 1. The highest BCUT2D eigenvalue weighted by atomic mass is 35.5. The quantitative estimate of drug-likeness (QED) is 0.318. The van der Waals surface area contributed by atoms with Crippen molar-refractivity contribution in [3.8, 4) is 11.3 Å². The Labute approximate surface area is 210 Å². The van der Waals surface area contributed by atoms with Crippen molar-refractivity contribution in [1.82, 2.24) is 29.9 Å². The van der Waals surface area contributed by atoms with Crippen LogP contribution in [0, 0.1) is 5.82 Å². The number of alkyl halides is 1. The molecule has 0 spiro atoms. The number of hydrogen-bond donors (Lipinski definition) is 3. The van der Waals surface area contributed by atoms with Crippen LogP contribution < -0.4 is 10.6 Å². The van der Waals surface area contributed by atoms with Crippen LogP contribution in [0.25, 0.3) is 16.9 Å². The fourth-order valence-electron chi connectivity index (χ4n) is 4.30. The van der Waals surface area contributed by atoms with Crippen LogP contribution in [0.4, 0.5) is 25.3 Å². The molecule has 12 heteroatoms. The van der Waals surface area contributed by atoms with Crippen molar-refractivity contribution in [2.75, 3.05) is 5.32 Å². The largest absolute Gasteiger partial charge is 0.443 e. The minimum absolute atomic E-state index is 0.00900. The first-order valence-corrected chi connectivity index (χ1v) is 11.9. The van der Waals surface area contributed by atoms with Gasteiger partial charge >= 0.3 is 6.09 Å². The molecule has 3 heterocycles. The molecule has 0 bridgehead atoms. The smallest absolute Gasteiger partial charge is 0.407 e. The van der Waals surface area contributed by atoms with Gasteiger partial charge in [0.2, 0.25) is 5.95 Å². The summed E-state index contributed by atoms with van der Waals surface area (Å²) >= 11 is 5.95. The van der Waals surface area contributed by atoms with Gasteiger partial charge in [0, 0.05) is 47.7 Å². The molecule has 1 fully saturated rings. The second-order valence-electron chi connectivity index (χ2n) is 8.95. The molecule has 36 heavy (non-hydrogen) atoms. The van der Waals surface area contributed by atoms with Gasteiger partial charge in [-0.2, -0.15) is 5.10 Å². The highest BCUT2D eigenvalue weighted by Gasteiger charge is 2.41. The Morgan fingerprint density at radius 1 is 1.28 bits per heavy atom. The van der Waals surface area contributed by atoms with Gasteiger partial charge in [0.25, 0.3) is 0 Å². The van der Waals surface area contributed by atoms with E-state index in [0.717, 1.165) is 0 Å². The molecule has 3 N–H and O–H groups in total. The highest BCUT2D eigenvalue weighted by molar-refractivity contribution is 6.31. The van der Waals surface area contributed by atoms with Gasteiger partial charge < -0.3 is 15.4 Å². The molecule has 1 aliphatic carbocycles. The molecule has 3 aromatic heterocycles.